The van der Waals surface area contributed by atoms with Crippen molar-refractivity contribution < 1.29 is 19.1 Å². The smallest absolute Gasteiger partial charge is 0.315 e. The van der Waals surface area contributed by atoms with Gasteiger partial charge in [-0.3, -0.25) is 4.79 Å². The number of carbonyl (C=O) groups is 2. The molecule has 1 rings (SSSR count). The fourth-order valence-corrected chi connectivity index (χ4v) is 1.32. The van der Waals surface area contributed by atoms with Crippen LogP contribution in [-0.4, -0.2) is 28.6 Å². The molecule has 0 spiro atoms. The fourth-order valence-electron chi connectivity index (χ4n) is 1.32. The van der Waals surface area contributed by atoms with E-state index in [0.29, 0.717) is 24.6 Å². The van der Waals surface area contributed by atoms with Gasteiger partial charge in [0.15, 0.2) is 0 Å². The van der Waals surface area contributed by atoms with Crippen LogP contribution < -0.4 is 10.6 Å². The molecule has 2 amide bonds. The summed E-state index contributed by atoms with van der Waals surface area (Å²) in [7, 11) is 0. The largest absolute Gasteiger partial charge is 0.481 e. The van der Waals surface area contributed by atoms with Crippen LogP contribution in [-0.2, 0) is 4.79 Å². The molecule has 0 aliphatic rings. The van der Waals surface area contributed by atoms with Crippen LogP contribution in [0.3, 0.4) is 0 Å². The van der Waals surface area contributed by atoms with E-state index in [9.17, 15) is 9.59 Å². The van der Waals surface area contributed by atoms with E-state index < -0.39 is 5.97 Å². The normalized spacial score (nSPS) is 11.9. The van der Waals surface area contributed by atoms with Gasteiger partial charge in [-0.25, -0.2) is 9.78 Å². The number of carboxylic acid groups (broad SMARTS) is 1. The van der Waals surface area contributed by atoms with Crippen molar-refractivity contribution in [2.24, 2.45) is 0 Å². The van der Waals surface area contributed by atoms with E-state index in [0.717, 1.165) is 0 Å². The summed E-state index contributed by atoms with van der Waals surface area (Å²) in [6.45, 7) is 3.84. The first-order valence-electron chi connectivity index (χ1n) is 5.67. The summed E-state index contributed by atoms with van der Waals surface area (Å²) in [6, 6.07) is -0.707. The van der Waals surface area contributed by atoms with E-state index in [1.54, 1.807) is 20.0 Å². The monoisotopic (exact) mass is 255 g/mol. The molecule has 7 heteroatoms. The molecule has 0 fully saturated rings. The highest BCUT2D eigenvalue weighted by Gasteiger charge is 2.13. The molecule has 1 atom stereocenters. The van der Waals surface area contributed by atoms with Gasteiger partial charge in [0.2, 0.25) is 5.89 Å². The van der Waals surface area contributed by atoms with Crippen molar-refractivity contribution in [1.29, 1.82) is 0 Å². The molecule has 1 aromatic rings. The van der Waals surface area contributed by atoms with Crippen LogP contribution in [0, 0.1) is 6.92 Å². The summed E-state index contributed by atoms with van der Waals surface area (Å²) < 4.78 is 5.27. The standard InChI is InChI=1S/C11H17N3O4/c1-7-6-13-10(18-7)8(2)14-11(17)12-5-3-4-9(15)16/h6,8H,3-5H2,1-2H3,(H,15,16)(H2,12,14,17). The van der Waals surface area contributed by atoms with Gasteiger partial charge >= 0.3 is 12.0 Å². The molecule has 1 aromatic heterocycles. The minimum absolute atomic E-state index is 0.0365. The Hall–Kier alpha value is -2.05. The number of urea groups is 1. The summed E-state index contributed by atoms with van der Waals surface area (Å²) in [4.78, 5) is 25.7. The highest BCUT2D eigenvalue weighted by molar-refractivity contribution is 5.74. The maximum Gasteiger partial charge on any atom is 0.315 e. The minimum atomic E-state index is -0.874. The fraction of sp³-hybridized carbons (Fsp3) is 0.545. The van der Waals surface area contributed by atoms with Crippen LogP contribution in [0.25, 0.3) is 0 Å². The van der Waals surface area contributed by atoms with Gasteiger partial charge in [-0.2, -0.15) is 0 Å². The Kier molecular flexibility index (Phi) is 5.16. The number of rotatable bonds is 6. The van der Waals surface area contributed by atoms with Gasteiger partial charge < -0.3 is 20.2 Å². The molecule has 0 aromatic carbocycles. The minimum Gasteiger partial charge on any atom is -0.481 e. The number of carboxylic acids is 1. The van der Waals surface area contributed by atoms with Crippen molar-refractivity contribution in [1.82, 2.24) is 15.6 Å². The van der Waals surface area contributed by atoms with Gasteiger partial charge in [0.25, 0.3) is 0 Å². The Morgan fingerprint density at radius 2 is 2.28 bits per heavy atom. The molecule has 3 N–H and O–H groups in total. The lowest BCUT2D eigenvalue weighted by atomic mass is 10.3. The zero-order chi connectivity index (χ0) is 13.5. The molecular weight excluding hydrogens is 238 g/mol. The Bertz CT molecular complexity index is 416. The van der Waals surface area contributed by atoms with Crippen molar-refractivity contribution in [2.75, 3.05) is 6.54 Å². The lowest BCUT2D eigenvalue weighted by Crippen LogP contribution is -2.37. The zero-order valence-corrected chi connectivity index (χ0v) is 10.4. The summed E-state index contributed by atoms with van der Waals surface area (Å²) in [5, 5.41) is 13.6. The first-order chi connectivity index (χ1) is 8.49. The summed E-state index contributed by atoms with van der Waals surface area (Å²) >= 11 is 0. The van der Waals surface area contributed by atoms with Crippen LogP contribution in [0.4, 0.5) is 4.79 Å². The molecule has 1 heterocycles. The number of aryl methyl sites for hydroxylation is 1. The third-order valence-corrected chi connectivity index (χ3v) is 2.21. The summed E-state index contributed by atoms with van der Waals surface area (Å²) in [6.07, 6.45) is 2.02. The summed E-state index contributed by atoms with van der Waals surface area (Å²) in [5.41, 5.74) is 0. The number of carbonyl (C=O) groups excluding carboxylic acids is 1. The lowest BCUT2D eigenvalue weighted by molar-refractivity contribution is -0.137. The Labute approximate surface area is 105 Å². The van der Waals surface area contributed by atoms with Crippen molar-refractivity contribution in [3.8, 4) is 0 Å². The van der Waals surface area contributed by atoms with Gasteiger partial charge in [0.1, 0.15) is 11.8 Å². The van der Waals surface area contributed by atoms with Crippen molar-refractivity contribution in [3.05, 3.63) is 17.8 Å². The average molecular weight is 255 g/mol. The van der Waals surface area contributed by atoms with Crippen molar-refractivity contribution >= 4 is 12.0 Å². The van der Waals surface area contributed by atoms with E-state index in [-0.39, 0.29) is 18.5 Å². The molecule has 18 heavy (non-hydrogen) atoms. The molecule has 1 unspecified atom stereocenters. The quantitative estimate of drug-likeness (QED) is 0.663. The van der Waals surface area contributed by atoms with E-state index in [2.05, 4.69) is 15.6 Å². The SMILES string of the molecule is Cc1cnc(C(C)NC(=O)NCCCC(=O)O)o1. The predicted molar refractivity (Wildman–Crippen MR) is 63.1 cm³/mol. The summed E-state index contributed by atoms with van der Waals surface area (Å²) in [5.74, 6) is 0.245. The first kappa shape index (κ1) is 14.0. The Balaban J connectivity index is 2.25. The molecule has 0 aliphatic carbocycles. The second-order valence-corrected chi connectivity index (χ2v) is 3.93. The molecular formula is C11H17N3O4. The van der Waals surface area contributed by atoms with Gasteiger partial charge in [-0.1, -0.05) is 0 Å². The van der Waals surface area contributed by atoms with E-state index in [1.165, 1.54) is 0 Å². The molecule has 0 saturated heterocycles. The van der Waals surface area contributed by atoms with E-state index in [4.69, 9.17) is 9.52 Å². The molecule has 0 aliphatic heterocycles. The van der Waals surface area contributed by atoms with Crippen molar-refractivity contribution in [3.63, 3.8) is 0 Å². The molecule has 0 saturated carbocycles. The zero-order valence-electron chi connectivity index (χ0n) is 10.4. The number of aliphatic carboxylic acids is 1. The number of amides is 2. The Morgan fingerprint density at radius 1 is 1.56 bits per heavy atom. The topological polar surface area (TPSA) is 104 Å². The average Bonchev–Trinajstić information content (AvgIpc) is 2.71. The first-order valence-corrected chi connectivity index (χ1v) is 5.67. The highest BCUT2D eigenvalue weighted by atomic mass is 16.4. The predicted octanol–water partition coefficient (Wildman–Crippen LogP) is 1.21. The number of nitrogens with one attached hydrogen (secondary N) is 2. The maximum absolute atomic E-state index is 11.4. The van der Waals surface area contributed by atoms with Gasteiger partial charge in [-0.05, 0) is 20.3 Å². The van der Waals surface area contributed by atoms with Gasteiger partial charge in [0.05, 0.1) is 6.20 Å². The highest BCUT2D eigenvalue weighted by Crippen LogP contribution is 2.11. The second kappa shape index (κ2) is 6.63. The van der Waals surface area contributed by atoms with E-state index >= 15 is 0 Å². The van der Waals surface area contributed by atoms with Crippen LogP contribution in [0.5, 0.6) is 0 Å². The molecule has 0 bridgehead atoms. The van der Waals surface area contributed by atoms with Crippen molar-refractivity contribution in [2.45, 2.75) is 32.7 Å². The van der Waals surface area contributed by atoms with Gasteiger partial charge in [0, 0.05) is 13.0 Å². The lowest BCUT2D eigenvalue weighted by Gasteiger charge is -2.11. The van der Waals surface area contributed by atoms with Crippen LogP contribution in [0.15, 0.2) is 10.6 Å². The number of oxazole rings is 1. The maximum atomic E-state index is 11.4. The molecule has 100 valence electrons. The third kappa shape index (κ3) is 4.86. The second-order valence-electron chi connectivity index (χ2n) is 3.93. The van der Waals surface area contributed by atoms with Crippen LogP contribution in [0.2, 0.25) is 0 Å². The van der Waals surface area contributed by atoms with Crippen LogP contribution >= 0.6 is 0 Å². The van der Waals surface area contributed by atoms with Gasteiger partial charge in [-0.15, -0.1) is 0 Å². The third-order valence-electron chi connectivity index (χ3n) is 2.21. The number of nitrogens with zero attached hydrogens (tertiary/aromatic N) is 1. The number of hydrogen-bond donors (Lipinski definition) is 3. The molecule has 7 nitrogen and oxygen atoms in total. The number of aromatic nitrogens is 1. The van der Waals surface area contributed by atoms with Crippen LogP contribution in [0.1, 0.15) is 37.5 Å². The Morgan fingerprint density at radius 3 is 2.83 bits per heavy atom. The molecule has 0 radical (unpaired) electrons. The number of hydrogen-bond acceptors (Lipinski definition) is 4. The van der Waals surface area contributed by atoms with E-state index in [1.807, 2.05) is 0 Å².